The summed E-state index contributed by atoms with van der Waals surface area (Å²) in [5, 5.41) is 0.370. The molecule has 16 heavy (non-hydrogen) atoms. The molecule has 1 nitrogen and oxygen atoms in total. The first-order valence-electron chi connectivity index (χ1n) is 4.72. The Balaban J connectivity index is 2.57. The summed E-state index contributed by atoms with van der Waals surface area (Å²) in [5.41, 5.74) is 1.47. The van der Waals surface area contributed by atoms with Gasteiger partial charge in [-0.15, -0.1) is 0 Å². The number of aldehydes is 1. The maximum atomic E-state index is 13.5. The molecule has 0 aliphatic heterocycles. The van der Waals surface area contributed by atoms with Gasteiger partial charge >= 0.3 is 0 Å². The maximum Gasteiger partial charge on any atom is 0.151 e. The van der Waals surface area contributed by atoms with Crippen molar-refractivity contribution in [1.82, 2.24) is 0 Å². The zero-order chi connectivity index (χ0) is 11.5. The molecule has 3 heteroatoms. The van der Waals surface area contributed by atoms with E-state index in [9.17, 15) is 9.18 Å². The van der Waals surface area contributed by atoms with Crippen LogP contribution in [0.2, 0.25) is 5.02 Å². The van der Waals surface area contributed by atoms with E-state index in [4.69, 9.17) is 11.6 Å². The second-order valence-corrected chi connectivity index (χ2v) is 3.74. The molecular formula is C13H8ClFO. The Kier molecular flexibility index (Phi) is 3.02. The van der Waals surface area contributed by atoms with Gasteiger partial charge in [-0.05, 0) is 23.8 Å². The molecule has 0 aromatic heterocycles. The van der Waals surface area contributed by atoms with Crippen molar-refractivity contribution in [2.45, 2.75) is 0 Å². The molecule has 0 aliphatic rings. The molecular weight excluding hydrogens is 227 g/mol. The highest BCUT2D eigenvalue weighted by Gasteiger charge is 2.06. The maximum absolute atomic E-state index is 13.5. The summed E-state index contributed by atoms with van der Waals surface area (Å²) in [6.07, 6.45) is 0.659. The summed E-state index contributed by atoms with van der Waals surface area (Å²) < 4.78 is 13.5. The Hall–Kier alpha value is -1.67. The summed E-state index contributed by atoms with van der Waals surface area (Å²) in [4.78, 5) is 10.7. The van der Waals surface area contributed by atoms with Crippen LogP contribution in [0.4, 0.5) is 4.39 Å². The van der Waals surface area contributed by atoms with E-state index in [1.807, 2.05) is 0 Å². The summed E-state index contributed by atoms with van der Waals surface area (Å²) in [6.45, 7) is 0. The van der Waals surface area contributed by atoms with Gasteiger partial charge in [0, 0.05) is 11.1 Å². The van der Waals surface area contributed by atoms with Gasteiger partial charge in [-0.25, -0.2) is 4.39 Å². The fourth-order valence-electron chi connectivity index (χ4n) is 1.50. The van der Waals surface area contributed by atoms with Crippen LogP contribution < -0.4 is 0 Å². The minimum Gasteiger partial charge on any atom is -0.298 e. The van der Waals surface area contributed by atoms with Crippen LogP contribution in [0.25, 0.3) is 11.1 Å². The lowest BCUT2D eigenvalue weighted by Gasteiger charge is -2.04. The van der Waals surface area contributed by atoms with Crippen LogP contribution in [-0.2, 0) is 0 Å². The zero-order valence-electron chi connectivity index (χ0n) is 8.28. The smallest absolute Gasteiger partial charge is 0.151 e. The largest absolute Gasteiger partial charge is 0.298 e. The summed E-state index contributed by atoms with van der Waals surface area (Å²) in [7, 11) is 0. The van der Waals surface area contributed by atoms with Gasteiger partial charge in [0.25, 0.3) is 0 Å². The van der Waals surface area contributed by atoms with Gasteiger partial charge in [0.2, 0.25) is 0 Å². The Labute approximate surface area is 97.5 Å². The van der Waals surface area contributed by atoms with Gasteiger partial charge in [-0.2, -0.15) is 0 Å². The number of hydrogen-bond donors (Lipinski definition) is 0. The first kappa shape index (κ1) is 10.8. The Morgan fingerprint density at radius 1 is 1.12 bits per heavy atom. The molecule has 2 aromatic rings. The number of halogens is 2. The van der Waals surface area contributed by atoms with E-state index in [1.54, 1.807) is 36.4 Å². The standard InChI is InChI=1S/C13H8ClFO/c14-12-6-5-9(7-10(12)8-16)11-3-1-2-4-13(11)15/h1-8H. The minimum atomic E-state index is -0.318. The second-order valence-electron chi connectivity index (χ2n) is 3.33. The molecule has 0 heterocycles. The average Bonchev–Trinajstić information content (AvgIpc) is 2.31. The van der Waals surface area contributed by atoms with E-state index in [-0.39, 0.29) is 5.82 Å². The van der Waals surface area contributed by atoms with Crippen molar-refractivity contribution in [1.29, 1.82) is 0 Å². The van der Waals surface area contributed by atoms with Gasteiger partial charge in [0.15, 0.2) is 6.29 Å². The van der Waals surface area contributed by atoms with Crippen molar-refractivity contribution in [3.63, 3.8) is 0 Å². The van der Waals surface area contributed by atoms with E-state index in [0.717, 1.165) is 0 Å². The summed E-state index contributed by atoms with van der Waals surface area (Å²) >= 11 is 5.80. The fraction of sp³-hybridized carbons (Fsp3) is 0. The van der Waals surface area contributed by atoms with Crippen molar-refractivity contribution < 1.29 is 9.18 Å². The quantitative estimate of drug-likeness (QED) is 0.719. The van der Waals surface area contributed by atoms with Crippen molar-refractivity contribution in [2.24, 2.45) is 0 Å². The topological polar surface area (TPSA) is 17.1 Å². The SMILES string of the molecule is O=Cc1cc(-c2ccccc2F)ccc1Cl. The van der Waals surface area contributed by atoms with E-state index >= 15 is 0 Å². The molecule has 0 spiro atoms. The van der Waals surface area contributed by atoms with Crippen LogP contribution in [0, 0.1) is 5.82 Å². The van der Waals surface area contributed by atoms with E-state index in [2.05, 4.69) is 0 Å². The van der Waals surface area contributed by atoms with Crippen molar-refractivity contribution in [3.05, 3.63) is 58.9 Å². The van der Waals surface area contributed by atoms with Gasteiger partial charge in [-0.3, -0.25) is 4.79 Å². The van der Waals surface area contributed by atoms with Crippen LogP contribution in [0.15, 0.2) is 42.5 Å². The minimum absolute atomic E-state index is 0.318. The molecule has 0 atom stereocenters. The van der Waals surface area contributed by atoms with E-state index in [1.165, 1.54) is 6.07 Å². The van der Waals surface area contributed by atoms with E-state index < -0.39 is 0 Å². The van der Waals surface area contributed by atoms with E-state index in [0.29, 0.717) is 28.0 Å². The number of carbonyl (C=O) groups excluding carboxylic acids is 1. The van der Waals surface area contributed by atoms with Crippen molar-refractivity contribution >= 4 is 17.9 Å². The Bertz CT molecular complexity index is 537. The predicted octanol–water partition coefficient (Wildman–Crippen LogP) is 3.96. The highest BCUT2D eigenvalue weighted by Crippen LogP contribution is 2.26. The normalized spacial score (nSPS) is 10.1. The lowest BCUT2D eigenvalue weighted by atomic mass is 10.0. The Morgan fingerprint density at radius 3 is 2.56 bits per heavy atom. The van der Waals surface area contributed by atoms with Crippen LogP contribution in [-0.4, -0.2) is 6.29 Å². The predicted molar refractivity (Wildman–Crippen MR) is 62.2 cm³/mol. The molecule has 0 aliphatic carbocycles. The summed E-state index contributed by atoms with van der Waals surface area (Å²) in [5.74, 6) is -0.318. The van der Waals surface area contributed by atoms with Gasteiger partial charge in [0.1, 0.15) is 5.82 Å². The number of hydrogen-bond acceptors (Lipinski definition) is 1. The van der Waals surface area contributed by atoms with Crippen molar-refractivity contribution in [3.8, 4) is 11.1 Å². The molecule has 0 amide bonds. The van der Waals surface area contributed by atoms with Crippen LogP contribution in [0.5, 0.6) is 0 Å². The number of carbonyl (C=O) groups is 1. The monoisotopic (exact) mass is 234 g/mol. The third kappa shape index (κ3) is 1.97. The lowest BCUT2D eigenvalue weighted by molar-refractivity contribution is 0.112. The van der Waals surface area contributed by atoms with Crippen LogP contribution in [0.3, 0.4) is 0 Å². The Morgan fingerprint density at radius 2 is 1.88 bits per heavy atom. The third-order valence-electron chi connectivity index (χ3n) is 2.31. The first-order chi connectivity index (χ1) is 7.72. The molecule has 0 saturated heterocycles. The lowest BCUT2D eigenvalue weighted by Crippen LogP contribution is -1.87. The summed E-state index contributed by atoms with van der Waals surface area (Å²) in [6, 6.07) is 11.3. The third-order valence-corrected chi connectivity index (χ3v) is 2.65. The highest BCUT2D eigenvalue weighted by molar-refractivity contribution is 6.33. The molecule has 0 fully saturated rings. The van der Waals surface area contributed by atoms with Crippen molar-refractivity contribution in [2.75, 3.05) is 0 Å². The molecule has 2 rings (SSSR count). The highest BCUT2D eigenvalue weighted by atomic mass is 35.5. The molecule has 0 radical (unpaired) electrons. The molecule has 80 valence electrons. The fourth-order valence-corrected chi connectivity index (χ4v) is 1.66. The first-order valence-corrected chi connectivity index (χ1v) is 5.10. The van der Waals surface area contributed by atoms with Crippen LogP contribution >= 0.6 is 11.6 Å². The number of benzene rings is 2. The molecule has 0 unspecified atom stereocenters. The zero-order valence-corrected chi connectivity index (χ0v) is 9.04. The second kappa shape index (κ2) is 4.45. The molecule has 0 bridgehead atoms. The van der Waals surface area contributed by atoms with Crippen LogP contribution in [0.1, 0.15) is 10.4 Å². The molecule has 2 aromatic carbocycles. The molecule has 0 N–H and O–H groups in total. The van der Waals surface area contributed by atoms with Gasteiger partial charge in [0.05, 0.1) is 5.02 Å². The van der Waals surface area contributed by atoms with Gasteiger partial charge in [-0.1, -0.05) is 35.9 Å². The van der Waals surface area contributed by atoms with Gasteiger partial charge < -0.3 is 0 Å². The average molecular weight is 235 g/mol. The number of rotatable bonds is 2. The molecule has 0 saturated carbocycles.